The number of hydrogen-bond acceptors (Lipinski definition) is 3. The van der Waals surface area contributed by atoms with Crippen LogP contribution in [0.15, 0.2) is 28.7 Å². The van der Waals surface area contributed by atoms with Crippen LogP contribution in [0.2, 0.25) is 0 Å². The average molecular weight is 233 g/mol. The van der Waals surface area contributed by atoms with E-state index < -0.39 is 0 Å². The van der Waals surface area contributed by atoms with E-state index in [4.69, 9.17) is 4.42 Å². The summed E-state index contributed by atoms with van der Waals surface area (Å²) in [4.78, 5) is 0. The highest BCUT2D eigenvalue weighted by Gasteiger charge is 2.17. The molecule has 1 heterocycles. The fraction of sp³-hybridized carbons (Fsp3) is 0.429. The molecule has 92 valence electrons. The van der Waals surface area contributed by atoms with Gasteiger partial charge in [-0.2, -0.15) is 0 Å². The lowest BCUT2D eigenvalue weighted by atomic mass is 10.1. The minimum Gasteiger partial charge on any atom is -0.461 e. The second-order valence-corrected chi connectivity index (χ2v) is 5.03. The largest absolute Gasteiger partial charge is 0.461 e. The van der Waals surface area contributed by atoms with Crippen LogP contribution in [0.25, 0.3) is 11.0 Å². The summed E-state index contributed by atoms with van der Waals surface area (Å²) in [5, 5.41) is 13.7. The van der Waals surface area contributed by atoms with Gasteiger partial charge < -0.3 is 14.8 Å². The lowest BCUT2D eigenvalue weighted by Crippen LogP contribution is -2.42. The van der Waals surface area contributed by atoms with Crippen molar-refractivity contribution in [3.05, 3.63) is 35.6 Å². The molecule has 0 atom stereocenters. The molecule has 0 saturated heterocycles. The Morgan fingerprint density at radius 3 is 2.71 bits per heavy atom. The number of furan rings is 1. The molecule has 2 rings (SSSR count). The predicted octanol–water partition coefficient (Wildman–Crippen LogP) is 2.60. The second-order valence-electron chi connectivity index (χ2n) is 5.03. The lowest BCUT2D eigenvalue weighted by Gasteiger charge is -2.23. The first-order valence-corrected chi connectivity index (χ1v) is 5.86. The molecule has 0 aliphatic carbocycles. The molecule has 17 heavy (non-hydrogen) atoms. The van der Waals surface area contributed by atoms with Crippen molar-refractivity contribution in [1.29, 1.82) is 0 Å². The van der Waals surface area contributed by atoms with E-state index in [1.807, 2.05) is 39.0 Å². The molecular weight excluding hydrogens is 214 g/mol. The molecule has 0 aliphatic rings. The summed E-state index contributed by atoms with van der Waals surface area (Å²) >= 11 is 0. The average Bonchev–Trinajstić information content (AvgIpc) is 2.62. The molecular formula is C14H19NO2. The molecule has 0 radical (unpaired) electrons. The highest BCUT2D eigenvalue weighted by molar-refractivity contribution is 5.82. The van der Waals surface area contributed by atoms with Crippen LogP contribution >= 0.6 is 0 Å². The molecule has 0 unspecified atom stereocenters. The van der Waals surface area contributed by atoms with Gasteiger partial charge in [0.25, 0.3) is 0 Å². The Morgan fingerprint density at radius 2 is 2.00 bits per heavy atom. The van der Waals surface area contributed by atoms with E-state index in [-0.39, 0.29) is 12.1 Å². The molecule has 0 aliphatic heterocycles. The fourth-order valence-electron chi connectivity index (χ4n) is 1.82. The maximum absolute atomic E-state index is 9.22. The number of nitrogens with one attached hydrogen (secondary N) is 1. The minimum absolute atomic E-state index is 0.113. The topological polar surface area (TPSA) is 45.4 Å². The number of aliphatic hydroxyl groups is 1. The summed E-state index contributed by atoms with van der Waals surface area (Å²) in [7, 11) is 0. The SMILES string of the molecule is Cc1oc2ccccc2c1CNC(C)(C)CO. The van der Waals surface area contributed by atoms with Crippen LogP contribution in [0.5, 0.6) is 0 Å². The minimum atomic E-state index is -0.273. The van der Waals surface area contributed by atoms with Crippen molar-refractivity contribution in [2.24, 2.45) is 0 Å². The van der Waals surface area contributed by atoms with Crippen LogP contribution in [0.3, 0.4) is 0 Å². The molecule has 2 N–H and O–H groups in total. The van der Waals surface area contributed by atoms with E-state index in [1.54, 1.807) is 0 Å². The van der Waals surface area contributed by atoms with Crippen molar-refractivity contribution in [2.45, 2.75) is 32.9 Å². The quantitative estimate of drug-likeness (QED) is 0.853. The summed E-state index contributed by atoms with van der Waals surface area (Å²) in [5.41, 5.74) is 1.82. The first-order valence-electron chi connectivity index (χ1n) is 5.86. The molecule has 3 nitrogen and oxygen atoms in total. The van der Waals surface area contributed by atoms with E-state index in [0.717, 1.165) is 16.7 Å². The Balaban J connectivity index is 2.27. The van der Waals surface area contributed by atoms with Crippen LogP contribution in [-0.4, -0.2) is 17.3 Å². The zero-order chi connectivity index (χ0) is 12.5. The third kappa shape index (κ3) is 2.51. The van der Waals surface area contributed by atoms with Crippen LogP contribution < -0.4 is 5.32 Å². The fourth-order valence-corrected chi connectivity index (χ4v) is 1.82. The van der Waals surface area contributed by atoms with Gasteiger partial charge >= 0.3 is 0 Å². The summed E-state index contributed by atoms with van der Waals surface area (Å²) in [5.74, 6) is 0.937. The van der Waals surface area contributed by atoms with Gasteiger partial charge in [0, 0.05) is 23.0 Å². The Labute approximate surface area is 101 Å². The number of rotatable bonds is 4. The third-order valence-electron chi connectivity index (χ3n) is 3.04. The molecule has 0 amide bonds. The zero-order valence-electron chi connectivity index (χ0n) is 10.6. The van der Waals surface area contributed by atoms with Crippen LogP contribution in [-0.2, 0) is 6.54 Å². The monoisotopic (exact) mass is 233 g/mol. The first kappa shape index (κ1) is 12.1. The lowest BCUT2D eigenvalue weighted by molar-refractivity contribution is 0.187. The third-order valence-corrected chi connectivity index (χ3v) is 3.04. The molecule has 1 aromatic heterocycles. The van der Waals surface area contributed by atoms with Crippen molar-refractivity contribution in [3.63, 3.8) is 0 Å². The van der Waals surface area contributed by atoms with Crippen LogP contribution in [0.1, 0.15) is 25.2 Å². The maximum atomic E-state index is 9.22. The molecule has 1 aromatic carbocycles. The van der Waals surface area contributed by atoms with Crippen molar-refractivity contribution in [1.82, 2.24) is 5.32 Å². The summed E-state index contributed by atoms with van der Waals surface area (Å²) in [6.45, 7) is 6.75. The van der Waals surface area contributed by atoms with Gasteiger partial charge in [-0.3, -0.25) is 0 Å². The molecule has 2 aromatic rings. The smallest absolute Gasteiger partial charge is 0.134 e. The van der Waals surface area contributed by atoms with Crippen molar-refractivity contribution >= 4 is 11.0 Å². The number of aliphatic hydroxyl groups excluding tert-OH is 1. The molecule has 0 spiro atoms. The Hall–Kier alpha value is -1.32. The highest BCUT2D eigenvalue weighted by atomic mass is 16.3. The van der Waals surface area contributed by atoms with Gasteiger partial charge in [-0.25, -0.2) is 0 Å². The van der Waals surface area contributed by atoms with E-state index in [9.17, 15) is 5.11 Å². The number of para-hydroxylation sites is 1. The van der Waals surface area contributed by atoms with E-state index in [1.165, 1.54) is 5.56 Å². The van der Waals surface area contributed by atoms with Crippen molar-refractivity contribution in [2.75, 3.05) is 6.61 Å². The highest BCUT2D eigenvalue weighted by Crippen LogP contribution is 2.25. The maximum Gasteiger partial charge on any atom is 0.134 e. The number of benzene rings is 1. The van der Waals surface area contributed by atoms with Gasteiger partial charge in [-0.15, -0.1) is 0 Å². The van der Waals surface area contributed by atoms with E-state index >= 15 is 0 Å². The van der Waals surface area contributed by atoms with Crippen LogP contribution in [0.4, 0.5) is 0 Å². The van der Waals surface area contributed by atoms with E-state index in [2.05, 4.69) is 11.4 Å². The van der Waals surface area contributed by atoms with Gasteiger partial charge in [0.1, 0.15) is 11.3 Å². The number of hydrogen-bond donors (Lipinski definition) is 2. The number of fused-ring (bicyclic) bond motifs is 1. The van der Waals surface area contributed by atoms with E-state index in [0.29, 0.717) is 6.54 Å². The first-order chi connectivity index (χ1) is 8.03. The van der Waals surface area contributed by atoms with Gasteiger partial charge in [0.15, 0.2) is 0 Å². The van der Waals surface area contributed by atoms with Gasteiger partial charge in [0.05, 0.1) is 6.61 Å². The van der Waals surface area contributed by atoms with Gasteiger partial charge in [-0.05, 0) is 26.8 Å². The molecule has 0 bridgehead atoms. The second kappa shape index (κ2) is 4.51. The Morgan fingerprint density at radius 1 is 1.29 bits per heavy atom. The van der Waals surface area contributed by atoms with Crippen LogP contribution in [0, 0.1) is 6.92 Å². The molecule has 0 saturated carbocycles. The zero-order valence-corrected chi connectivity index (χ0v) is 10.6. The molecule has 3 heteroatoms. The summed E-state index contributed by atoms with van der Waals surface area (Å²) < 4.78 is 5.70. The normalized spacial score (nSPS) is 12.2. The number of aryl methyl sites for hydroxylation is 1. The Bertz CT molecular complexity index is 514. The standard InChI is InChI=1S/C14H19NO2/c1-10-12(8-15-14(2,3)9-16)11-6-4-5-7-13(11)17-10/h4-7,15-16H,8-9H2,1-3H3. The van der Waals surface area contributed by atoms with Crippen molar-refractivity contribution in [3.8, 4) is 0 Å². The summed E-state index contributed by atoms with van der Waals surface area (Å²) in [6, 6.07) is 8.02. The molecule has 0 fully saturated rings. The summed E-state index contributed by atoms with van der Waals surface area (Å²) in [6.07, 6.45) is 0. The van der Waals surface area contributed by atoms with Gasteiger partial charge in [0.2, 0.25) is 0 Å². The Kier molecular flexibility index (Phi) is 3.22. The predicted molar refractivity (Wildman–Crippen MR) is 69.0 cm³/mol. The van der Waals surface area contributed by atoms with Gasteiger partial charge in [-0.1, -0.05) is 18.2 Å². The van der Waals surface area contributed by atoms with Crippen molar-refractivity contribution < 1.29 is 9.52 Å².